The Kier molecular flexibility index (Phi) is 10.2. The van der Waals surface area contributed by atoms with E-state index in [9.17, 15) is 14.8 Å². The average Bonchev–Trinajstić information content (AvgIpc) is 2.88. The second kappa shape index (κ2) is 13.3. The van der Waals surface area contributed by atoms with Crippen molar-refractivity contribution in [3.63, 3.8) is 0 Å². The standard InChI is InChI=1S/C28H37FN2O3/c1-33-26-13-10-23(19-27(26)34-2)24(20-30)7-5-3-4-6-16-31-17-14-22(15-18-31)28(32)21-8-11-25(29)12-9-21/h8-13,19,22,24,28,32H,3-7,14-18H2,1-2H3. The number of nitrogens with zero attached hydrogens (tertiary/aromatic N) is 2. The molecular weight excluding hydrogens is 431 g/mol. The van der Waals surface area contributed by atoms with Crippen LogP contribution in [0.15, 0.2) is 42.5 Å². The minimum absolute atomic E-state index is 0.133. The minimum atomic E-state index is -0.513. The second-order valence-electron chi connectivity index (χ2n) is 9.17. The van der Waals surface area contributed by atoms with Crippen LogP contribution < -0.4 is 9.47 Å². The van der Waals surface area contributed by atoms with E-state index in [4.69, 9.17) is 9.47 Å². The number of rotatable bonds is 12. The van der Waals surface area contributed by atoms with Gasteiger partial charge in [0.25, 0.3) is 0 Å². The molecule has 1 N–H and O–H groups in total. The van der Waals surface area contributed by atoms with Crippen LogP contribution in [-0.2, 0) is 0 Å². The van der Waals surface area contributed by atoms with Crippen molar-refractivity contribution in [3.05, 3.63) is 59.4 Å². The lowest BCUT2D eigenvalue weighted by atomic mass is 9.87. The van der Waals surface area contributed by atoms with E-state index in [0.717, 1.165) is 75.7 Å². The van der Waals surface area contributed by atoms with Crippen molar-refractivity contribution in [1.29, 1.82) is 5.26 Å². The van der Waals surface area contributed by atoms with Gasteiger partial charge in [0.15, 0.2) is 11.5 Å². The molecule has 1 saturated heterocycles. The van der Waals surface area contributed by atoms with Crippen LogP contribution in [0.1, 0.15) is 68.1 Å². The van der Waals surface area contributed by atoms with E-state index < -0.39 is 6.10 Å². The Morgan fingerprint density at radius 1 is 0.971 bits per heavy atom. The molecule has 0 aliphatic carbocycles. The van der Waals surface area contributed by atoms with Crippen molar-refractivity contribution >= 4 is 0 Å². The summed E-state index contributed by atoms with van der Waals surface area (Å²) >= 11 is 0. The summed E-state index contributed by atoms with van der Waals surface area (Å²) in [5.41, 5.74) is 1.79. The SMILES string of the molecule is COc1ccc(C(C#N)CCCCCCN2CCC(C(O)c3ccc(F)cc3)CC2)cc1OC. The van der Waals surface area contributed by atoms with Crippen molar-refractivity contribution in [2.75, 3.05) is 33.9 Å². The van der Waals surface area contributed by atoms with Gasteiger partial charge in [0.05, 0.1) is 32.3 Å². The Hall–Kier alpha value is -2.62. The molecule has 2 aromatic rings. The predicted molar refractivity (Wildman–Crippen MR) is 132 cm³/mol. The van der Waals surface area contributed by atoms with Crippen molar-refractivity contribution in [1.82, 2.24) is 4.90 Å². The van der Waals surface area contributed by atoms with Gasteiger partial charge in [-0.2, -0.15) is 5.26 Å². The molecule has 1 heterocycles. The first-order valence-electron chi connectivity index (χ1n) is 12.3. The molecule has 0 amide bonds. The third-order valence-corrected chi connectivity index (χ3v) is 6.97. The fraction of sp³-hybridized carbons (Fsp3) is 0.536. The summed E-state index contributed by atoms with van der Waals surface area (Å²) in [7, 11) is 3.22. The minimum Gasteiger partial charge on any atom is -0.493 e. The van der Waals surface area contributed by atoms with Gasteiger partial charge in [-0.15, -0.1) is 0 Å². The van der Waals surface area contributed by atoms with E-state index in [1.165, 1.54) is 12.1 Å². The number of likely N-dealkylation sites (tertiary alicyclic amines) is 1. The van der Waals surface area contributed by atoms with Crippen LogP contribution in [-0.4, -0.2) is 43.9 Å². The number of aliphatic hydroxyl groups is 1. The molecule has 5 nitrogen and oxygen atoms in total. The first kappa shape index (κ1) is 26.0. The Balaban J connectivity index is 1.32. The molecule has 6 heteroatoms. The van der Waals surface area contributed by atoms with Gasteiger partial charge in [-0.05, 0) is 86.6 Å². The van der Waals surface area contributed by atoms with Crippen LogP contribution in [0.2, 0.25) is 0 Å². The second-order valence-corrected chi connectivity index (χ2v) is 9.17. The third-order valence-electron chi connectivity index (χ3n) is 6.97. The topological polar surface area (TPSA) is 65.7 Å². The van der Waals surface area contributed by atoms with Crippen LogP contribution in [0.5, 0.6) is 11.5 Å². The number of halogens is 1. The van der Waals surface area contributed by atoms with Crippen molar-refractivity contribution < 1.29 is 19.0 Å². The molecule has 0 radical (unpaired) electrons. The smallest absolute Gasteiger partial charge is 0.161 e. The van der Waals surface area contributed by atoms with E-state index in [1.54, 1.807) is 26.4 Å². The molecule has 2 atom stereocenters. The number of unbranched alkanes of at least 4 members (excludes halogenated alkanes) is 3. The molecule has 0 bridgehead atoms. The van der Waals surface area contributed by atoms with E-state index in [0.29, 0.717) is 11.5 Å². The zero-order valence-corrected chi connectivity index (χ0v) is 20.4. The van der Waals surface area contributed by atoms with Crippen LogP contribution >= 0.6 is 0 Å². The molecule has 3 rings (SSSR count). The fourth-order valence-corrected chi connectivity index (χ4v) is 4.84. The summed E-state index contributed by atoms with van der Waals surface area (Å²) in [6.07, 6.45) is 6.71. The molecule has 0 aromatic heterocycles. The Labute approximate surface area is 203 Å². The third kappa shape index (κ3) is 7.19. The maximum absolute atomic E-state index is 13.1. The number of piperidine rings is 1. The first-order valence-corrected chi connectivity index (χ1v) is 12.3. The van der Waals surface area contributed by atoms with Crippen LogP contribution in [0.4, 0.5) is 4.39 Å². The molecular formula is C28H37FN2O3. The summed E-state index contributed by atoms with van der Waals surface area (Å²) < 4.78 is 23.8. The highest BCUT2D eigenvalue weighted by Crippen LogP contribution is 2.33. The van der Waals surface area contributed by atoms with Crippen LogP contribution in [0.25, 0.3) is 0 Å². The maximum atomic E-state index is 13.1. The summed E-state index contributed by atoms with van der Waals surface area (Å²) in [5, 5.41) is 20.2. The van der Waals surface area contributed by atoms with Gasteiger partial charge in [0.1, 0.15) is 5.82 Å². The normalized spacial score (nSPS) is 16.6. The highest BCUT2D eigenvalue weighted by Gasteiger charge is 2.26. The maximum Gasteiger partial charge on any atom is 0.161 e. The zero-order chi connectivity index (χ0) is 24.3. The largest absolute Gasteiger partial charge is 0.493 e. The van der Waals surface area contributed by atoms with E-state index >= 15 is 0 Å². The van der Waals surface area contributed by atoms with E-state index in [-0.39, 0.29) is 17.7 Å². The summed E-state index contributed by atoms with van der Waals surface area (Å²) in [4.78, 5) is 2.48. The number of hydrogen-bond donors (Lipinski definition) is 1. The highest BCUT2D eigenvalue weighted by molar-refractivity contribution is 5.44. The number of benzene rings is 2. The molecule has 1 aliphatic rings. The summed E-state index contributed by atoms with van der Waals surface area (Å²) in [6, 6.07) is 14.4. The molecule has 1 fully saturated rings. The summed E-state index contributed by atoms with van der Waals surface area (Å²) in [5.74, 6) is 1.17. The predicted octanol–water partition coefficient (Wildman–Crippen LogP) is 5.85. The van der Waals surface area contributed by atoms with Gasteiger partial charge in [0.2, 0.25) is 0 Å². The highest BCUT2D eigenvalue weighted by atomic mass is 19.1. The van der Waals surface area contributed by atoms with Gasteiger partial charge >= 0.3 is 0 Å². The average molecular weight is 469 g/mol. The van der Waals surface area contributed by atoms with Crippen molar-refractivity contribution in [3.8, 4) is 17.6 Å². The molecule has 34 heavy (non-hydrogen) atoms. The lowest BCUT2D eigenvalue weighted by molar-refractivity contribution is 0.0584. The van der Waals surface area contributed by atoms with Crippen molar-refractivity contribution in [2.45, 2.75) is 57.0 Å². The van der Waals surface area contributed by atoms with Gasteiger partial charge < -0.3 is 19.5 Å². The first-order chi connectivity index (χ1) is 16.5. The molecule has 2 unspecified atom stereocenters. The fourth-order valence-electron chi connectivity index (χ4n) is 4.84. The van der Waals surface area contributed by atoms with Gasteiger partial charge in [0, 0.05) is 0 Å². The monoisotopic (exact) mass is 468 g/mol. The zero-order valence-electron chi connectivity index (χ0n) is 20.4. The number of ether oxygens (including phenoxy) is 2. The summed E-state index contributed by atoms with van der Waals surface area (Å²) in [6.45, 7) is 3.08. The Bertz CT molecular complexity index is 920. The van der Waals surface area contributed by atoms with E-state index in [2.05, 4.69) is 11.0 Å². The quantitative estimate of drug-likeness (QED) is 0.396. The number of nitriles is 1. The van der Waals surface area contributed by atoms with Gasteiger partial charge in [-0.3, -0.25) is 0 Å². The number of methoxy groups -OCH3 is 2. The van der Waals surface area contributed by atoms with Crippen molar-refractivity contribution in [2.24, 2.45) is 5.92 Å². The van der Waals surface area contributed by atoms with Crippen LogP contribution in [0, 0.1) is 23.1 Å². The molecule has 1 aliphatic heterocycles. The van der Waals surface area contributed by atoms with Crippen LogP contribution in [0.3, 0.4) is 0 Å². The lowest BCUT2D eigenvalue weighted by Gasteiger charge is -2.34. The molecule has 2 aromatic carbocycles. The van der Waals surface area contributed by atoms with Gasteiger partial charge in [-0.25, -0.2) is 4.39 Å². The molecule has 0 saturated carbocycles. The molecule has 184 valence electrons. The number of aliphatic hydroxyl groups excluding tert-OH is 1. The number of hydrogen-bond acceptors (Lipinski definition) is 5. The van der Waals surface area contributed by atoms with E-state index in [1.807, 2.05) is 18.2 Å². The van der Waals surface area contributed by atoms with Gasteiger partial charge in [-0.1, -0.05) is 37.5 Å². The lowest BCUT2D eigenvalue weighted by Crippen LogP contribution is -2.36. The Morgan fingerprint density at radius 2 is 1.62 bits per heavy atom. The Morgan fingerprint density at radius 3 is 2.26 bits per heavy atom. The molecule has 0 spiro atoms.